The zero-order chi connectivity index (χ0) is 15.4. The molecule has 0 spiro atoms. The van der Waals surface area contributed by atoms with Gasteiger partial charge in [-0.05, 0) is 13.0 Å². The molecule has 108 valence electrons. The lowest BCUT2D eigenvalue weighted by Gasteiger charge is -2.06. The summed E-state index contributed by atoms with van der Waals surface area (Å²) in [6.45, 7) is 1.50. The number of halogens is 4. The molecule has 1 rings (SSSR count). The highest BCUT2D eigenvalue weighted by Crippen LogP contribution is 2.21. The quantitative estimate of drug-likeness (QED) is 0.132. The molecule has 0 aliphatic heterocycles. The molecule has 0 atom stereocenters. The standard InChI is InChI=1S/C12H8F4O4/c1-2-20-4-6(12(18)19)11(17)5-3-7(13)9(15)10(16)8(5)14/h3-4H,2H2,1H3,(H,18,19). The van der Waals surface area contributed by atoms with Gasteiger partial charge in [-0.15, -0.1) is 0 Å². The molecule has 4 nitrogen and oxygen atoms in total. The summed E-state index contributed by atoms with van der Waals surface area (Å²) in [7, 11) is 0. The van der Waals surface area contributed by atoms with Crippen LogP contribution in [0.15, 0.2) is 17.9 Å². The number of ketones is 1. The third-order valence-corrected chi connectivity index (χ3v) is 2.19. The highest BCUT2D eigenvalue weighted by Gasteiger charge is 2.28. The van der Waals surface area contributed by atoms with E-state index in [2.05, 4.69) is 4.74 Å². The van der Waals surface area contributed by atoms with Crippen LogP contribution in [0.2, 0.25) is 0 Å². The minimum absolute atomic E-state index is 0.0126. The number of carbonyl (C=O) groups is 2. The number of carboxylic acid groups (broad SMARTS) is 1. The van der Waals surface area contributed by atoms with Crippen LogP contribution in [0.5, 0.6) is 0 Å². The Morgan fingerprint density at radius 2 is 1.80 bits per heavy atom. The molecule has 0 fully saturated rings. The fourth-order valence-corrected chi connectivity index (χ4v) is 1.25. The summed E-state index contributed by atoms with van der Waals surface area (Å²) in [6.07, 6.45) is 0.517. The van der Waals surface area contributed by atoms with Crippen molar-refractivity contribution in [2.45, 2.75) is 6.92 Å². The fourth-order valence-electron chi connectivity index (χ4n) is 1.25. The van der Waals surface area contributed by atoms with Gasteiger partial charge in [0, 0.05) is 0 Å². The first kappa shape index (κ1) is 15.7. The molecule has 1 aromatic carbocycles. The van der Waals surface area contributed by atoms with Gasteiger partial charge in [0.15, 0.2) is 23.3 Å². The molecule has 0 aliphatic rings. The molecule has 0 amide bonds. The van der Waals surface area contributed by atoms with E-state index in [1.807, 2.05) is 0 Å². The van der Waals surface area contributed by atoms with Crippen molar-refractivity contribution in [2.24, 2.45) is 0 Å². The molecule has 1 aromatic rings. The molecular formula is C12H8F4O4. The molecule has 0 radical (unpaired) electrons. The summed E-state index contributed by atoms with van der Waals surface area (Å²) in [5.41, 5.74) is -2.29. The smallest absolute Gasteiger partial charge is 0.342 e. The number of aliphatic carboxylic acids is 1. The predicted molar refractivity (Wildman–Crippen MR) is 57.9 cm³/mol. The molecule has 8 heteroatoms. The van der Waals surface area contributed by atoms with Gasteiger partial charge in [-0.3, -0.25) is 4.79 Å². The lowest BCUT2D eigenvalue weighted by Crippen LogP contribution is -2.16. The second-order valence-corrected chi connectivity index (χ2v) is 3.47. The maximum absolute atomic E-state index is 13.4. The van der Waals surface area contributed by atoms with Crippen LogP contribution in [-0.4, -0.2) is 23.5 Å². The van der Waals surface area contributed by atoms with Crippen molar-refractivity contribution in [3.05, 3.63) is 46.7 Å². The summed E-state index contributed by atoms with van der Waals surface area (Å²) in [5.74, 6) is -11.4. The molecule has 0 aromatic heterocycles. The normalized spacial score (nSPS) is 11.3. The topological polar surface area (TPSA) is 63.6 Å². The summed E-state index contributed by atoms with van der Waals surface area (Å²) in [5, 5.41) is 8.76. The van der Waals surface area contributed by atoms with Gasteiger partial charge in [0.25, 0.3) is 0 Å². The Labute approximate surface area is 110 Å². The Morgan fingerprint density at radius 1 is 1.20 bits per heavy atom. The van der Waals surface area contributed by atoms with Gasteiger partial charge < -0.3 is 9.84 Å². The number of ether oxygens (including phenoxy) is 1. The minimum Gasteiger partial charge on any atom is -0.500 e. The van der Waals surface area contributed by atoms with Gasteiger partial charge in [-0.2, -0.15) is 0 Å². The summed E-state index contributed by atoms with van der Waals surface area (Å²) in [6, 6.07) is 0.0821. The van der Waals surface area contributed by atoms with Crippen molar-refractivity contribution in [2.75, 3.05) is 6.61 Å². The minimum atomic E-state index is -2.20. The van der Waals surface area contributed by atoms with Gasteiger partial charge in [0.2, 0.25) is 5.78 Å². The van der Waals surface area contributed by atoms with Crippen LogP contribution in [0.1, 0.15) is 17.3 Å². The highest BCUT2D eigenvalue weighted by molar-refractivity contribution is 6.23. The monoisotopic (exact) mass is 292 g/mol. The van der Waals surface area contributed by atoms with Crippen molar-refractivity contribution in [1.82, 2.24) is 0 Å². The van der Waals surface area contributed by atoms with Gasteiger partial charge in [0.05, 0.1) is 12.2 Å². The van der Waals surface area contributed by atoms with Crippen LogP contribution in [0.4, 0.5) is 17.6 Å². The van der Waals surface area contributed by atoms with E-state index in [1.165, 1.54) is 6.92 Å². The summed E-state index contributed by atoms with van der Waals surface area (Å²) >= 11 is 0. The van der Waals surface area contributed by atoms with E-state index in [0.717, 1.165) is 0 Å². The molecular weight excluding hydrogens is 284 g/mol. The zero-order valence-corrected chi connectivity index (χ0v) is 10.0. The zero-order valence-electron chi connectivity index (χ0n) is 10.0. The van der Waals surface area contributed by atoms with Crippen LogP contribution >= 0.6 is 0 Å². The predicted octanol–water partition coefficient (Wildman–Crippen LogP) is 2.43. The molecule has 0 heterocycles. The van der Waals surface area contributed by atoms with E-state index in [4.69, 9.17) is 5.11 Å². The van der Waals surface area contributed by atoms with Crippen LogP contribution in [0.25, 0.3) is 0 Å². The van der Waals surface area contributed by atoms with Crippen molar-refractivity contribution >= 4 is 11.8 Å². The van der Waals surface area contributed by atoms with Crippen LogP contribution in [0, 0.1) is 23.3 Å². The Morgan fingerprint density at radius 3 is 2.30 bits per heavy atom. The number of carbonyl (C=O) groups excluding carboxylic acids is 1. The van der Waals surface area contributed by atoms with Gasteiger partial charge in [-0.1, -0.05) is 0 Å². The first-order chi connectivity index (χ1) is 9.31. The first-order valence-corrected chi connectivity index (χ1v) is 5.24. The fraction of sp³-hybridized carbons (Fsp3) is 0.167. The molecule has 0 saturated heterocycles. The average molecular weight is 292 g/mol. The first-order valence-electron chi connectivity index (χ1n) is 5.24. The van der Waals surface area contributed by atoms with Crippen molar-refractivity contribution in [3.63, 3.8) is 0 Å². The van der Waals surface area contributed by atoms with E-state index in [0.29, 0.717) is 6.26 Å². The van der Waals surface area contributed by atoms with E-state index >= 15 is 0 Å². The third-order valence-electron chi connectivity index (χ3n) is 2.19. The Hall–Kier alpha value is -2.38. The molecule has 0 aliphatic carbocycles. The van der Waals surface area contributed by atoms with Gasteiger partial charge >= 0.3 is 5.97 Å². The van der Waals surface area contributed by atoms with Crippen molar-refractivity contribution < 1.29 is 37.0 Å². The lowest BCUT2D eigenvalue weighted by molar-refractivity contribution is -0.132. The second kappa shape index (κ2) is 6.18. The second-order valence-electron chi connectivity index (χ2n) is 3.47. The van der Waals surface area contributed by atoms with E-state index in [1.54, 1.807) is 0 Å². The maximum Gasteiger partial charge on any atom is 0.342 e. The number of hydrogen-bond acceptors (Lipinski definition) is 3. The lowest BCUT2D eigenvalue weighted by atomic mass is 10.0. The number of Topliss-reactive ketones (excluding diaryl/α,β-unsaturated/α-hetero) is 1. The van der Waals surface area contributed by atoms with Crippen molar-refractivity contribution in [3.8, 4) is 0 Å². The van der Waals surface area contributed by atoms with E-state index < -0.39 is 46.2 Å². The largest absolute Gasteiger partial charge is 0.500 e. The molecule has 0 unspecified atom stereocenters. The Bertz CT molecular complexity index is 596. The number of rotatable bonds is 5. The highest BCUT2D eigenvalue weighted by atomic mass is 19.2. The molecule has 0 bridgehead atoms. The summed E-state index contributed by atoms with van der Waals surface area (Å²) < 4.78 is 56.6. The molecule has 1 N–H and O–H groups in total. The van der Waals surface area contributed by atoms with Crippen LogP contribution < -0.4 is 0 Å². The average Bonchev–Trinajstić information content (AvgIpc) is 2.40. The van der Waals surface area contributed by atoms with Crippen LogP contribution in [-0.2, 0) is 9.53 Å². The van der Waals surface area contributed by atoms with E-state index in [9.17, 15) is 27.2 Å². The van der Waals surface area contributed by atoms with Crippen LogP contribution in [0.3, 0.4) is 0 Å². The van der Waals surface area contributed by atoms with E-state index in [-0.39, 0.29) is 12.7 Å². The Balaban J connectivity index is 3.37. The summed E-state index contributed by atoms with van der Waals surface area (Å²) in [4.78, 5) is 22.5. The molecule has 20 heavy (non-hydrogen) atoms. The number of benzene rings is 1. The SMILES string of the molecule is CCOC=C(C(=O)O)C(=O)c1cc(F)c(F)c(F)c1F. The third kappa shape index (κ3) is 2.95. The maximum atomic E-state index is 13.4. The van der Waals surface area contributed by atoms with Gasteiger partial charge in [-0.25, -0.2) is 22.4 Å². The Kier molecular flexibility index (Phi) is 4.84. The van der Waals surface area contributed by atoms with Crippen molar-refractivity contribution in [1.29, 1.82) is 0 Å². The van der Waals surface area contributed by atoms with Gasteiger partial charge in [0.1, 0.15) is 11.8 Å². The number of hydrogen-bond donors (Lipinski definition) is 1. The molecule has 0 saturated carbocycles. The number of carboxylic acids is 1.